The lowest BCUT2D eigenvalue weighted by atomic mass is 9.93. The fraction of sp³-hybridized carbons (Fsp3) is 0.250. The minimum Gasteiger partial charge on any atom is -0.360 e. The number of nitrogens with one attached hydrogen (secondary N) is 1. The Morgan fingerprint density at radius 3 is 2.52 bits per heavy atom. The standard InChI is InChI=1S/C16H15ClN4O2/c1-16(2,3)14-8-12(21-23-14)15(22)13(9-18)20-19-11-6-4-10(17)5-7-11/h4-8,19H,1-3H3/b20-13+. The van der Waals surface area contributed by atoms with Gasteiger partial charge < -0.3 is 4.52 Å². The van der Waals surface area contributed by atoms with E-state index in [1.54, 1.807) is 30.3 Å². The SMILES string of the molecule is CC(C)(C)c1cc(C(=O)/C(C#N)=N/Nc2ccc(Cl)cc2)no1. The molecule has 1 aromatic heterocycles. The number of rotatable bonds is 4. The van der Waals surface area contributed by atoms with Gasteiger partial charge in [0, 0.05) is 16.5 Å². The van der Waals surface area contributed by atoms with E-state index < -0.39 is 5.78 Å². The first kappa shape index (κ1) is 16.7. The second-order valence-corrected chi connectivity index (χ2v) is 6.28. The smallest absolute Gasteiger partial charge is 0.245 e. The molecule has 0 aliphatic heterocycles. The van der Waals surface area contributed by atoms with Crippen molar-refractivity contribution >= 4 is 28.8 Å². The molecule has 118 valence electrons. The summed E-state index contributed by atoms with van der Waals surface area (Å²) in [5.41, 5.74) is 2.70. The molecule has 0 aliphatic rings. The van der Waals surface area contributed by atoms with Gasteiger partial charge in [-0.2, -0.15) is 10.4 Å². The minimum atomic E-state index is -0.604. The molecule has 0 bridgehead atoms. The van der Waals surface area contributed by atoms with Gasteiger partial charge in [-0.25, -0.2) is 0 Å². The molecule has 0 saturated heterocycles. The molecule has 1 aromatic carbocycles. The number of anilines is 1. The molecule has 2 rings (SSSR count). The third-order valence-electron chi connectivity index (χ3n) is 2.94. The average molecular weight is 331 g/mol. The number of hydrazone groups is 1. The van der Waals surface area contributed by atoms with Gasteiger partial charge in [0.25, 0.3) is 0 Å². The molecule has 1 N–H and O–H groups in total. The van der Waals surface area contributed by atoms with Gasteiger partial charge in [-0.05, 0) is 24.3 Å². The minimum absolute atomic E-state index is 0.0492. The molecule has 2 aromatic rings. The van der Waals surface area contributed by atoms with E-state index in [4.69, 9.17) is 21.4 Å². The highest BCUT2D eigenvalue weighted by atomic mass is 35.5. The first-order valence-electron chi connectivity index (χ1n) is 6.82. The van der Waals surface area contributed by atoms with E-state index in [0.717, 1.165) is 0 Å². The Morgan fingerprint density at radius 2 is 2.00 bits per heavy atom. The van der Waals surface area contributed by atoms with Crippen molar-refractivity contribution in [2.75, 3.05) is 5.43 Å². The third kappa shape index (κ3) is 4.18. The Labute approximate surface area is 138 Å². The van der Waals surface area contributed by atoms with Crippen LogP contribution in [0.1, 0.15) is 37.0 Å². The van der Waals surface area contributed by atoms with Crippen molar-refractivity contribution in [1.29, 1.82) is 5.26 Å². The highest BCUT2D eigenvalue weighted by Gasteiger charge is 2.24. The normalized spacial score (nSPS) is 11.9. The lowest BCUT2D eigenvalue weighted by molar-refractivity contribution is 0.105. The molecular weight excluding hydrogens is 316 g/mol. The van der Waals surface area contributed by atoms with Crippen LogP contribution in [0.3, 0.4) is 0 Å². The number of hydrogen-bond acceptors (Lipinski definition) is 6. The number of carbonyl (C=O) groups is 1. The summed E-state index contributed by atoms with van der Waals surface area (Å²) in [6.45, 7) is 5.80. The van der Waals surface area contributed by atoms with Gasteiger partial charge >= 0.3 is 0 Å². The van der Waals surface area contributed by atoms with Gasteiger partial charge in [-0.15, -0.1) is 0 Å². The number of halogens is 1. The first-order chi connectivity index (χ1) is 10.8. The van der Waals surface area contributed by atoms with E-state index in [9.17, 15) is 4.79 Å². The zero-order valence-electron chi connectivity index (χ0n) is 12.9. The van der Waals surface area contributed by atoms with Crippen molar-refractivity contribution in [3.05, 3.63) is 46.8 Å². The molecule has 7 heteroatoms. The van der Waals surface area contributed by atoms with Gasteiger partial charge in [0.15, 0.2) is 5.69 Å². The van der Waals surface area contributed by atoms with E-state index >= 15 is 0 Å². The second kappa shape index (κ2) is 6.63. The van der Waals surface area contributed by atoms with Crippen LogP contribution in [0.25, 0.3) is 0 Å². The summed E-state index contributed by atoms with van der Waals surface area (Å²) < 4.78 is 5.15. The Hall–Kier alpha value is -2.65. The predicted octanol–water partition coefficient (Wildman–Crippen LogP) is 3.80. The predicted molar refractivity (Wildman–Crippen MR) is 87.7 cm³/mol. The maximum absolute atomic E-state index is 12.3. The van der Waals surface area contributed by atoms with Crippen LogP contribution in [0, 0.1) is 11.3 Å². The zero-order valence-corrected chi connectivity index (χ0v) is 13.7. The van der Waals surface area contributed by atoms with Crippen molar-refractivity contribution in [2.24, 2.45) is 5.10 Å². The quantitative estimate of drug-likeness (QED) is 0.523. The van der Waals surface area contributed by atoms with Crippen LogP contribution in [0.15, 0.2) is 40.0 Å². The van der Waals surface area contributed by atoms with Gasteiger partial charge in [-0.1, -0.05) is 37.5 Å². The Balaban J connectivity index is 2.18. The van der Waals surface area contributed by atoms with Gasteiger partial charge in [0.2, 0.25) is 11.5 Å². The largest absolute Gasteiger partial charge is 0.360 e. The molecular formula is C16H15ClN4O2. The molecule has 0 unspecified atom stereocenters. The summed E-state index contributed by atoms with van der Waals surface area (Å²) in [6, 6.07) is 9.98. The Morgan fingerprint density at radius 1 is 1.35 bits per heavy atom. The number of Topliss-reactive ketones (excluding diaryl/α,β-unsaturated/α-hetero) is 1. The molecule has 1 heterocycles. The topological polar surface area (TPSA) is 91.3 Å². The first-order valence-corrected chi connectivity index (χ1v) is 7.20. The monoisotopic (exact) mass is 330 g/mol. The number of aromatic nitrogens is 1. The summed E-state index contributed by atoms with van der Waals surface area (Å²) in [7, 11) is 0. The van der Waals surface area contributed by atoms with Crippen LogP contribution in [0.4, 0.5) is 5.69 Å². The van der Waals surface area contributed by atoms with Crippen molar-refractivity contribution in [3.8, 4) is 6.07 Å². The van der Waals surface area contributed by atoms with Crippen LogP contribution in [0.2, 0.25) is 5.02 Å². The van der Waals surface area contributed by atoms with E-state index in [-0.39, 0.29) is 16.8 Å². The van der Waals surface area contributed by atoms with E-state index in [1.165, 1.54) is 6.07 Å². The van der Waals surface area contributed by atoms with Crippen molar-refractivity contribution in [2.45, 2.75) is 26.2 Å². The second-order valence-electron chi connectivity index (χ2n) is 5.85. The summed E-state index contributed by atoms with van der Waals surface area (Å²) in [6.07, 6.45) is 0. The maximum atomic E-state index is 12.3. The van der Waals surface area contributed by atoms with Gasteiger partial charge in [0.1, 0.15) is 11.8 Å². The number of nitrogens with zero attached hydrogens (tertiary/aromatic N) is 3. The molecule has 0 aliphatic carbocycles. The maximum Gasteiger partial charge on any atom is 0.245 e. The molecule has 23 heavy (non-hydrogen) atoms. The summed E-state index contributed by atoms with van der Waals surface area (Å²) in [4.78, 5) is 12.3. The van der Waals surface area contributed by atoms with Gasteiger partial charge in [-0.3, -0.25) is 10.2 Å². The lowest BCUT2D eigenvalue weighted by Gasteiger charge is -2.11. The number of carbonyl (C=O) groups excluding carboxylic acids is 1. The Bertz CT molecular complexity index is 780. The fourth-order valence-electron chi connectivity index (χ4n) is 1.63. The molecule has 0 radical (unpaired) electrons. The third-order valence-corrected chi connectivity index (χ3v) is 3.20. The molecule has 6 nitrogen and oxygen atoms in total. The molecule has 0 amide bonds. The van der Waals surface area contributed by atoms with E-state index in [0.29, 0.717) is 16.5 Å². The molecule has 0 atom stereocenters. The van der Waals surface area contributed by atoms with Crippen LogP contribution >= 0.6 is 11.6 Å². The highest BCUT2D eigenvalue weighted by molar-refractivity contribution is 6.51. The van der Waals surface area contributed by atoms with E-state index in [1.807, 2.05) is 20.8 Å². The van der Waals surface area contributed by atoms with Crippen molar-refractivity contribution < 1.29 is 9.32 Å². The molecule has 0 spiro atoms. The number of ketones is 1. The Kier molecular flexibility index (Phi) is 4.82. The van der Waals surface area contributed by atoms with Crippen LogP contribution in [0.5, 0.6) is 0 Å². The highest BCUT2D eigenvalue weighted by Crippen LogP contribution is 2.23. The van der Waals surface area contributed by atoms with Crippen molar-refractivity contribution in [1.82, 2.24) is 5.16 Å². The lowest BCUT2D eigenvalue weighted by Crippen LogP contribution is -2.15. The number of benzene rings is 1. The van der Waals surface area contributed by atoms with E-state index in [2.05, 4.69) is 15.7 Å². The molecule has 0 fully saturated rings. The van der Waals surface area contributed by atoms with Crippen LogP contribution < -0.4 is 5.43 Å². The van der Waals surface area contributed by atoms with Gasteiger partial charge in [0.05, 0.1) is 5.69 Å². The summed E-state index contributed by atoms with van der Waals surface area (Å²) in [5, 5.41) is 17.2. The number of hydrogen-bond donors (Lipinski definition) is 1. The zero-order chi connectivity index (χ0) is 17.0. The van der Waals surface area contributed by atoms with Crippen LogP contribution in [-0.4, -0.2) is 16.7 Å². The van der Waals surface area contributed by atoms with Crippen molar-refractivity contribution in [3.63, 3.8) is 0 Å². The summed E-state index contributed by atoms with van der Waals surface area (Å²) >= 11 is 5.78. The average Bonchev–Trinajstić information content (AvgIpc) is 2.99. The fourth-order valence-corrected chi connectivity index (χ4v) is 1.75. The molecule has 0 saturated carbocycles. The van der Waals surface area contributed by atoms with Crippen LogP contribution in [-0.2, 0) is 5.41 Å². The summed E-state index contributed by atoms with van der Waals surface area (Å²) in [5.74, 6) is -0.0444. The number of nitriles is 1.